The van der Waals surface area contributed by atoms with E-state index in [1.165, 1.54) is 18.4 Å². The summed E-state index contributed by atoms with van der Waals surface area (Å²) in [4.78, 5) is 0.978. The number of nitrogens with zero attached hydrogens (tertiary/aromatic N) is 1. The van der Waals surface area contributed by atoms with Crippen molar-refractivity contribution < 1.29 is 8.42 Å². The molecule has 0 aliphatic heterocycles. The number of halogens is 1. The molecule has 1 aromatic heterocycles. The Kier molecular flexibility index (Phi) is 3.34. The highest BCUT2D eigenvalue weighted by atomic mass is 35.7. The molecule has 1 aromatic rings. The smallest absolute Gasteiger partial charge is 0.195 e. The molecule has 0 aliphatic carbocycles. The van der Waals surface area contributed by atoms with E-state index in [9.17, 15) is 8.42 Å². The Balaban J connectivity index is 2.86. The first kappa shape index (κ1) is 11.0. The molecule has 0 radical (unpaired) electrons. The van der Waals surface area contributed by atoms with Gasteiger partial charge in [-0.3, -0.25) is 0 Å². The average molecular weight is 240 g/mol. The van der Waals surface area contributed by atoms with Gasteiger partial charge in [-0.05, 0) is 18.4 Å². The van der Waals surface area contributed by atoms with Crippen LogP contribution in [0.5, 0.6) is 0 Å². The van der Waals surface area contributed by atoms with Gasteiger partial charge in [0.2, 0.25) is 0 Å². The molecule has 13 heavy (non-hydrogen) atoms. The second kappa shape index (κ2) is 3.96. The Morgan fingerprint density at radius 3 is 2.62 bits per heavy atom. The summed E-state index contributed by atoms with van der Waals surface area (Å²) in [5.41, 5.74) is 0. The lowest BCUT2D eigenvalue weighted by molar-refractivity contribution is 0.413. The largest absolute Gasteiger partial charge is 0.300 e. The fraction of sp³-hybridized carbons (Fsp3) is 0.429. The Hall–Kier alpha value is -0.100. The van der Waals surface area contributed by atoms with Gasteiger partial charge in [-0.2, -0.15) is 12.7 Å². The van der Waals surface area contributed by atoms with Crippen LogP contribution in [0.25, 0.3) is 0 Å². The summed E-state index contributed by atoms with van der Waals surface area (Å²) in [5, 5.41) is 1.90. The van der Waals surface area contributed by atoms with Crippen molar-refractivity contribution in [3.63, 3.8) is 0 Å². The van der Waals surface area contributed by atoms with Crippen LogP contribution in [0.4, 0.5) is 0 Å². The van der Waals surface area contributed by atoms with E-state index >= 15 is 0 Å². The van der Waals surface area contributed by atoms with Crippen molar-refractivity contribution in [1.29, 1.82) is 0 Å². The molecule has 1 unspecified atom stereocenters. The molecule has 3 nitrogen and oxygen atoms in total. The fourth-order valence-corrected chi connectivity index (χ4v) is 2.64. The summed E-state index contributed by atoms with van der Waals surface area (Å²) >= 11 is 1.51. The van der Waals surface area contributed by atoms with Gasteiger partial charge in [0, 0.05) is 22.6 Å². The van der Waals surface area contributed by atoms with Crippen LogP contribution < -0.4 is 0 Å². The van der Waals surface area contributed by atoms with Crippen LogP contribution in [0.3, 0.4) is 0 Å². The summed E-state index contributed by atoms with van der Waals surface area (Å²) in [6.45, 7) is 1.80. The maximum absolute atomic E-state index is 11.0. The molecule has 0 fully saturated rings. The van der Waals surface area contributed by atoms with Gasteiger partial charge in [-0.15, -0.1) is 11.3 Å². The molecule has 0 spiro atoms. The SMILES string of the molecule is CC(c1cccs1)N(C)S(=O)(=O)Cl. The summed E-state index contributed by atoms with van der Waals surface area (Å²) < 4.78 is 23.1. The van der Waals surface area contributed by atoms with Crippen LogP contribution in [0.1, 0.15) is 17.8 Å². The van der Waals surface area contributed by atoms with E-state index in [4.69, 9.17) is 10.7 Å². The molecule has 0 N–H and O–H groups in total. The maximum Gasteiger partial charge on any atom is 0.300 e. The Labute approximate surface area is 86.5 Å². The van der Waals surface area contributed by atoms with Gasteiger partial charge in [0.05, 0.1) is 6.04 Å². The van der Waals surface area contributed by atoms with E-state index in [0.717, 1.165) is 9.18 Å². The normalized spacial score (nSPS) is 14.8. The first-order valence-electron chi connectivity index (χ1n) is 3.64. The molecular formula is C7H10ClNO2S2. The van der Waals surface area contributed by atoms with Gasteiger partial charge in [0.1, 0.15) is 0 Å². The van der Waals surface area contributed by atoms with Gasteiger partial charge < -0.3 is 0 Å². The molecule has 0 bridgehead atoms. The third kappa shape index (κ3) is 2.67. The molecule has 6 heteroatoms. The fourth-order valence-electron chi connectivity index (χ4n) is 0.897. The summed E-state index contributed by atoms with van der Waals surface area (Å²) in [7, 11) is 3.05. The molecule has 0 saturated carbocycles. The zero-order valence-corrected chi connectivity index (χ0v) is 9.66. The summed E-state index contributed by atoms with van der Waals surface area (Å²) in [6, 6.07) is 3.56. The van der Waals surface area contributed by atoms with Gasteiger partial charge in [-0.25, -0.2) is 0 Å². The lowest BCUT2D eigenvalue weighted by Crippen LogP contribution is -2.25. The van der Waals surface area contributed by atoms with E-state index in [1.54, 1.807) is 6.92 Å². The van der Waals surface area contributed by atoms with Crippen molar-refractivity contribution in [1.82, 2.24) is 4.31 Å². The maximum atomic E-state index is 11.0. The number of thiophene rings is 1. The van der Waals surface area contributed by atoms with E-state index < -0.39 is 9.24 Å². The molecule has 0 aliphatic rings. The topological polar surface area (TPSA) is 37.4 Å². The number of hydrogen-bond donors (Lipinski definition) is 0. The summed E-state index contributed by atoms with van der Waals surface area (Å²) in [5.74, 6) is 0. The lowest BCUT2D eigenvalue weighted by atomic mass is 10.3. The zero-order chi connectivity index (χ0) is 10.1. The van der Waals surface area contributed by atoms with Crippen LogP contribution >= 0.6 is 22.0 Å². The van der Waals surface area contributed by atoms with Crippen LogP contribution in [0.15, 0.2) is 17.5 Å². The van der Waals surface area contributed by atoms with Crippen molar-refractivity contribution in [2.75, 3.05) is 7.05 Å². The highest BCUT2D eigenvalue weighted by molar-refractivity contribution is 8.11. The van der Waals surface area contributed by atoms with Gasteiger partial charge >= 0.3 is 0 Å². The predicted molar refractivity (Wildman–Crippen MR) is 55.3 cm³/mol. The number of hydrogen-bond acceptors (Lipinski definition) is 3. The minimum Gasteiger partial charge on any atom is -0.195 e. The highest BCUT2D eigenvalue weighted by Gasteiger charge is 2.22. The molecule has 0 saturated heterocycles. The van der Waals surface area contributed by atoms with Crippen molar-refractivity contribution in [3.8, 4) is 0 Å². The van der Waals surface area contributed by atoms with Gasteiger partial charge in [-0.1, -0.05) is 6.07 Å². The standard InChI is InChI=1S/C7H10ClNO2S2/c1-6(7-4-3-5-12-7)9(2)13(8,10)11/h3-6H,1-2H3. The Morgan fingerprint density at radius 1 is 1.62 bits per heavy atom. The monoisotopic (exact) mass is 239 g/mol. The summed E-state index contributed by atoms with van der Waals surface area (Å²) in [6.07, 6.45) is 0. The molecular weight excluding hydrogens is 230 g/mol. The Bertz CT molecular complexity index is 360. The van der Waals surface area contributed by atoms with E-state index in [-0.39, 0.29) is 6.04 Å². The number of rotatable bonds is 3. The van der Waals surface area contributed by atoms with E-state index in [0.29, 0.717) is 0 Å². The quantitative estimate of drug-likeness (QED) is 0.759. The van der Waals surface area contributed by atoms with Crippen LogP contribution in [0.2, 0.25) is 0 Å². The molecule has 1 atom stereocenters. The highest BCUT2D eigenvalue weighted by Crippen LogP contribution is 2.26. The van der Waals surface area contributed by atoms with Crippen molar-refractivity contribution in [2.24, 2.45) is 0 Å². The van der Waals surface area contributed by atoms with Crippen LogP contribution in [0, 0.1) is 0 Å². The predicted octanol–water partition coefficient (Wildman–Crippen LogP) is 2.22. The van der Waals surface area contributed by atoms with Crippen LogP contribution in [-0.2, 0) is 9.24 Å². The van der Waals surface area contributed by atoms with Crippen molar-refractivity contribution >= 4 is 31.3 Å². The lowest BCUT2D eigenvalue weighted by Gasteiger charge is -2.19. The second-order valence-electron chi connectivity index (χ2n) is 2.65. The zero-order valence-electron chi connectivity index (χ0n) is 7.27. The third-order valence-corrected chi connectivity index (χ3v) is 4.54. The Morgan fingerprint density at radius 2 is 2.23 bits per heavy atom. The van der Waals surface area contributed by atoms with Crippen molar-refractivity contribution in [2.45, 2.75) is 13.0 Å². The first-order chi connectivity index (χ1) is 5.93. The minimum absolute atomic E-state index is 0.206. The van der Waals surface area contributed by atoms with Gasteiger partial charge in [0.15, 0.2) is 0 Å². The molecule has 1 rings (SSSR count). The van der Waals surface area contributed by atoms with E-state index in [2.05, 4.69) is 0 Å². The molecule has 74 valence electrons. The first-order valence-corrected chi connectivity index (χ1v) is 6.78. The van der Waals surface area contributed by atoms with Crippen LogP contribution in [-0.4, -0.2) is 19.8 Å². The average Bonchev–Trinajstić information content (AvgIpc) is 2.51. The van der Waals surface area contributed by atoms with E-state index in [1.807, 2.05) is 17.5 Å². The van der Waals surface area contributed by atoms with Crippen molar-refractivity contribution in [3.05, 3.63) is 22.4 Å². The minimum atomic E-state index is -3.62. The molecule has 0 amide bonds. The second-order valence-corrected chi connectivity index (χ2v) is 6.20. The molecule has 1 heterocycles. The molecule has 0 aromatic carbocycles. The van der Waals surface area contributed by atoms with Gasteiger partial charge in [0.25, 0.3) is 9.24 Å². The third-order valence-electron chi connectivity index (χ3n) is 1.84.